The van der Waals surface area contributed by atoms with Crippen LogP contribution in [-0.2, 0) is 16.8 Å². The number of hydrazone groups is 1. The van der Waals surface area contributed by atoms with Crippen LogP contribution < -0.4 is 10.3 Å². The molecule has 2 amide bonds. The molecule has 1 atom stereocenters. The Morgan fingerprint density at radius 1 is 1.15 bits per heavy atom. The van der Waals surface area contributed by atoms with Gasteiger partial charge in [-0.05, 0) is 49.6 Å². The van der Waals surface area contributed by atoms with E-state index in [0.29, 0.717) is 6.54 Å². The van der Waals surface area contributed by atoms with Gasteiger partial charge >= 0.3 is 0 Å². The molecule has 0 fully saturated rings. The van der Waals surface area contributed by atoms with E-state index >= 15 is 0 Å². The third-order valence-electron chi connectivity index (χ3n) is 5.16. The molecule has 27 heavy (non-hydrogen) atoms. The molecule has 138 valence electrons. The number of fused-ring (bicyclic) bond motifs is 1. The second kappa shape index (κ2) is 6.53. The van der Waals surface area contributed by atoms with Crippen LogP contribution in [0.15, 0.2) is 53.6 Å². The van der Waals surface area contributed by atoms with Gasteiger partial charge in [-0.3, -0.25) is 9.59 Å². The van der Waals surface area contributed by atoms with Crippen molar-refractivity contribution in [1.29, 1.82) is 0 Å². The van der Waals surface area contributed by atoms with Gasteiger partial charge in [0.1, 0.15) is 0 Å². The number of amides is 2. The zero-order chi connectivity index (χ0) is 19.2. The van der Waals surface area contributed by atoms with E-state index < -0.39 is 5.41 Å². The summed E-state index contributed by atoms with van der Waals surface area (Å²) < 4.78 is 0. The molecule has 5 nitrogen and oxygen atoms in total. The Morgan fingerprint density at radius 2 is 1.89 bits per heavy atom. The number of benzene rings is 2. The molecular formula is C21H21N3O2S. The monoisotopic (exact) mass is 379 g/mol. The lowest BCUT2D eigenvalue weighted by Crippen LogP contribution is -2.35. The van der Waals surface area contributed by atoms with E-state index in [2.05, 4.69) is 10.5 Å². The minimum atomic E-state index is -0.602. The molecule has 2 aromatic carbocycles. The van der Waals surface area contributed by atoms with Crippen molar-refractivity contribution < 1.29 is 9.59 Å². The fourth-order valence-electron chi connectivity index (χ4n) is 3.66. The van der Waals surface area contributed by atoms with E-state index in [0.717, 1.165) is 28.1 Å². The summed E-state index contributed by atoms with van der Waals surface area (Å²) in [5.41, 5.74) is 6.74. The summed E-state index contributed by atoms with van der Waals surface area (Å²) in [6.07, 6.45) is 0. The molecule has 6 heteroatoms. The number of thioether (sulfide) groups is 1. The Morgan fingerprint density at radius 3 is 2.59 bits per heavy atom. The minimum Gasteiger partial charge on any atom is -0.307 e. The zero-order valence-corrected chi connectivity index (χ0v) is 16.3. The van der Waals surface area contributed by atoms with Gasteiger partial charge in [0.05, 0.1) is 22.9 Å². The van der Waals surface area contributed by atoms with Gasteiger partial charge in [-0.15, -0.1) is 0 Å². The summed E-state index contributed by atoms with van der Waals surface area (Å²) >= 11 is 1.22. The average molecular weight is 379 g/mol. The van der Waals surface area contributed by atoms with Crippen molar-refractivity contribution in [2.24, 2.45) is 5.10 Å². The van der Waals surface area contributed by atoms with E-state index in [-0.39, 0.29) is 16.4 Å². The van der Waals surface area contributed by atoms with Gasteiger partial charge in [-0.2, -0.15) is 5.10 Å². The third-order valence-corrected chi connectivity index (χ3v) is 6.04. The van der Waals surface area contributed by atoms with Gasteiger partial charge in [0.15, 0.2) is 0 Å². The summed E-state index contributed by atoms with van der Waals surface area (Å²) in [6, 6.07) is 16.0. The van der Waals surface area contributed by atoms with E-state index in [9.17, 15) is 9.59 Å². The Kier molecular flexibility index (Phi) is 4.30. The molecule has 1 N–H and O–H groups in total. The average Bonchev–Trinajstić information content (AvgIpc) is 2.83. The van der Waals surface area contributed by atoms with Crippen LogP contribution in [0.3, 0.4) is 0 Å². The quantitative estimate of drug-likeness (QED) is 0.875. The number of nitrogens with one attached hydrogen (secondary N) is 1. The Bertz CT molecular complexity index is 953. The molecule has 2 aliphatic heterocycles. The Balaban J connectivity index is 1.73. The molecule has 0 saturated heterocycles. The van der Waals surface area contributed by atoms with Gasteiger partial charge in [0.2, 0.25) is 5.91 Å². The maximum atomic E-state index is 13.1. The first-order chi connectivity index (χ1) is 12.9. The Hall–Kier alpha value is -2.60. The van der Waals surface area contributed by atoms with E-state index in [4.69, 9.17) is 0 Å². The van der Waals surface area contributed by atoms with Crippen LogP contribution in [-0.4, -0.2) is 22.1 Å². The highest BCUT2D eigenvalue weighted by molar-refractivity contribution is 8.14. The van der Waals surface area contributed by atoms with E-state index in [1.165, 1.54) is 11.8 Å². The van der Waals surface area contributed by atoms with Crippen molar-refractivity contribution in [3.8, 4) is 0 Å². The second-order valence-electron chi connectivity index (χ2n) is 7.39. The number of hydrogen-bond donors (Lipinski definition) is 1. The fraction of sp³-hybridized carbons (Fsp3) is 0.286. The lowest BCUT2D eigenvalue weighted by molar-refractivity contribution is -0.122. The molecule has 0 spiro atoms. The number of carbonyl (C=O) groups is 2. The van der Waals surface area contributed by atoms with Gasteiger partial charge in [0, 0.05) is 5.69 Å². The van der Waals surface area contributed by atoms with Crippen molar-refractivity contribution in [2.75, 3.05) is 4.90 Å². The van der Waals surface area contributed by atoms with Crippen molar-refractivity contribution in [3.05, 3.63) is 65.2 Å². The third kappa shape index (κ3) is 3.04. The Labute approximate surface area is 162 Å². The number of hydrogen-bond acceptors (Lipinski definition) is 4. The molecule has 1 unspecified atom stereocenters. The molecule has 2 heterocycles. The van der Waals surface area contributed by atoms with Crippen LogP contribution >= 0.6 is 11.8 Å². The second-order valence-corrected chi connectivity index (χ2v) is 8.70. The van der Waals surface area contributed by atoms with Crippen LogP contribution in [0.1, 0.15) is 37.5 Å². The summed E-state index contributed by atoms with van der Waals surface area (Å²) in [7, 11) is 0. The lowest BCUT2D eigenvalue weighted by atomic mass is 9.85. The van der Waals surface area contributed by atoms with Gasteiger partial charge < -0.3 is 4.90 Å². The van der Waals surface area contributed by atoms with Crippen LogP contribution in [0.4, 0.5) is 10.5 Å². The molecular weight excluding hydrogens is 358 g/mol. The normalized spacial score (nSPS) is 20.9. The van der Waals surface area contributed by atoms with Crippen molar-refractivity contribution in [2.45, 2.75) is 38.0 Å². The van der Waals surface area contributed by atoms with Crippen LogP contribution in [0, 0.1) is 0 Å². The number of carbonyl (C=O) groups excluding carboxylic acids is 2. The maximum Gasteiger partial charge on any atom is 0.299 e. The molecule has 2 aliphatic rings. The highest BCUT2D eigenvalue weighted by Gasteiger charge is 2.44. The largest absolute Gasteiger partial charge is 0.307 e. The molecule has 0 bridgehead atoms. The van der Waals surface area contributed by atoms with Crippen molar-refractivity contribution in [3.63, 3.8) is 0 Å². The molecule has 0 aliphatic carbocycles. The number of nitrogens with zero attached hydrogens (tertiary/aromatic N) is 2. The summed E-state index contributed by atoms with van der Waals surface area (Å²) in [5, 5.41) is 4.07. The van der Waals surface area contributed by atoms with E-state index in [1.54, 1.807) is 0 Å². The predicted molar refractivity (Wildman–Crippen MR) is 109 cm³/mol. The van der Waals surface area contributed by atoms with Crippen LogP contribution in [0.2, 0.25) is 0 Å². The van der Waals surface area contributed by atoms with Crippen LogP contribution in [0.5, 0.6) is 0 Å². The van der Waals surface area contributed by atoms with Crippen molar-refractivity contribution >= 4 is 34.3 Å². The molecule has 2 aromatic rings. The molecule has 4 rings (SSSR count). The van der Waals surface area contributed by atoms with Gasteiger partial charge in [-0.1, -0.05) is 48.2 Å². The summed E-state index contributed by atoms with van der Waals surface area (Å²) in [5.74, 6) is 0.0970. The van der Waals surface area contributed by atoms with Crippen LogP contribution in [0.25, 0.3) is 0 Å². The first kappa shape index (κ1) is 17.8. The molecule has 0 aromatic heterocycles. The smallest absolute Gasteiger partial charge is 0.299 e. The SMILES string of the molecule is CC1SC(=O)NN=C1c1ccc2c(c1)C(C)(C)C(=O)N2Cc1ccccc1. The first-order valence-corrected chi connectivity index (χ1v) is 9.81. The summed E-state index contributed by atoms with van der Waals surface area (Å²) in [6.45, 7) is 6.45. The maximum absolute atomic E-state index is 13.1. The number of anilines is 1. The topological polar surface area (TPSA) is 61.8 Å². The lowest BCUT2D eigenvalue weighted by Gasteiger charge is -2.20. The fourth-order valence-corrected chi connectivity index (χ4v) is 4.37. The standard InChI is InChI=1S/C21H21N3O2S/c1-13-18(22-23-20(26)27-13)15-9-10-17-16(11-15)21(2,3)19(25)24(17)12-14-7-5-4-6-8-14/h4-11,13H,12H2,1-3H3,(H,23,26). The predicted octanol–water partition coefficient (Wildman–Crippen LogP) is 4.06. The molecule has 0 saturated carbocycles. The van der Waals surface area contributed by atoms with Crippen molar-refractivity contribution in [1.82, 2.24) is 5.43 Å². The van der Waals surface area contributed by atoms with Gasteiger partial charge in [0.25, 0.3) is 5.24 Å². The van der Waals surface area contributed by atoms with E-state index in [1.807, 2.05) is 74.2 Å². The zero-order valence-electron chi connectivity index (χ0n) is 15.5. The van der Waals surface area contributed by atoms with Gasteiger partial charge in [-0.25, -0.2) is 5.43 Å². The summed E-state index contributed by atoms with van der Waals surface area (Å²) in [4.78, 5) is 26.5. The first-order valence-electron chi connectivity index (χ1n) is 8.93. The highest BCUT2D eigenvalue weighted by Crippen LogP contribution is 2.43. The minimum absolute atomic E-state index is 0.0301. The highest BCUT2D eigenvalue weighted by atomic mass is 32.2. The molecule has 0 radical (unpaired) electrons. The number of rotatable bonds is 3.